The van der Waals surface area contributed by atoms with E-state index in [0.717, 1.165) is 16.9 Å². The topological polar surface area (TPSA) is 101 Å². The molecule has 3 rings (SSSR count). The van der Waals surface area contributed by atoms with E-state index in [1.165, 1.54) is 6.07 Å². The van der Waals surface area contributed by atoms with Crippen molar-refractivity contribution >= 4 is 65.6 Å². The molecule has 0 spiro atoms. The smallest absolute Gasteiger partial charge is 0.291 e. The highest BCUT2D eigenvalue weighted by molar-refractivity contribution is 9.10. The van der Waals surface area contributed by atoms with Crippen LogP contribution in [0.25, 0.3) is 0 Å². The van der Waals surface area contributed by atoms with Crippen molar-refractivity contribution in [3.05, 3.63) is 63.1 Å². The first-order valence-corrected chi connectivity index (χ1v) is 10.9. The molecule has 0 unspecified atom stereocenters. The van der Waals surface area contributed by atoms with Gasteiger partial charge in [0.2, 0.25) is 5.13 Å². The maximum atomic E-state index is 12.5. The van der Waals surface area contributed by atoms with Gasteiger partial charge in [0.05, 0.1) is 10.7 Å². The van der Waals surface area contributed by atoms with Crippen molar-refractivity contribution in [1.82, 2.24) is 10.2 Å². The van der Waals surface area contributed by atoms with Crippen LogP contribution in [0.4, 0.5) is 10.8 Å². The van der Waals surface area contributed by atoms with Crippen molar-refractivity contribution in [3.63, 3.8) is 0 Å². The Bertz CT molecular complexity index is 1120. The number of nitrogens with one attached hydrogen (secondary N) is 2. The van der Waals surface area contributed by atoms with E-state index in [9.17, 15) is 13.2 Å². The number of hydrogen-bond donors (Lipinski definition) is 2. The lowest BCUT2D eigenvalue weighted by molar-refractivity contribution is 0.102. The van der Waals surface area contributed by atoms with Crippen molar-refractivity contribution in [3.8, 4) is 0 Å². The number of hydrogen-bond acceptors (Lipinski definition) is 6. The first-order valence-electron chi connectivity index (χ1n) is 7.44. The van der Waals surface area contributed by atoms with Gasteiger partial charge in [0, 0.05) is 10.0 Å². The molecule has 1 amide bonds. The van der Waals surface area contributed by atoms with E-state index in [1.807, 2.05) is 6.07 Å². The summed E-state index contributed by atoms with van der Waals surface area (Å²) in [6.45, 7) is 1.80. The Kier molecular flexibility index (Phi) is 5.80. The quantitative estimate of drug-likeness (QED) is 0.522. The first-order chi connectivity index (χ1) is 12.8. The molecule has 3 aromatic rings. The van der Waals surface area contributed by atoms with Crippen LogP contribution in [-0.4, -0.2) is 24.5 Å². The lowest BCUT2D eigenvalue weighted by Crippen LogP contribution is -2.13. The second kappa shape index (κ2) is 7.93. The molecular weight excluding hydrogens is 476 g/mol. The van der Waals surface area contributed by atoms with E-state index in [0.29, 0.717) is 15.1 Å². The zero-order valence-corrected chi connectivity index (χ0v) is 17.7. The number of benzene rings is 2. The van der Waals surface area contributed by atoms with Crippen LogP contribution in [0.5, 0.6) is 0 Å². The van der Waals surface area contributed by atoms with Crippen LogP contribution in [0.1, 0.15) is 15.9 Å². The van der Waals surface area contributed by atoms with Crippen LogP contribution in [0.2, 0.25) is 5.02 Å². The second-order valence-corrected chi connectivity index (χ2v) is 9.47. The molecule has 1 aromatic heterocycles. The Balaban J connectivity index is 1.77. The summed E-state index contributed by atoms with van der Waals surface area (Å²) in [5, 5.41) is 10.4. The van der Waals surface area contributed by atoms with Gasteiger partial charge >= 0.3 is 0 Å². The molecule has 140 valence electrons. The third kappa shape index (κ3) is 4.64. The van der Waals surface area contributed by atoms with E-state index in [2.05, 4.69) is 36.2 Å². The lowest BCUT2D eigenvalue weighted by atomic mass is 10.1. The minimum absolute atomic E-state index is 0.0810. The number of rotatable bonds is 5. The van der Waals surface area contributed by atoms with Crippen molar-refractivity contribution in [2.24, 2.45) is 0 Å². The molecule has 27 heavy (non-hydrogen) atoms. The van der Waals surface area contributed by atoms with Crippen molar-refractivity contribution in [1.29, 1.82) is 0 Å². The molecule has 1 heterocycles. The molecule has 0 atom stereocenters. The van der Waals surface area contributed by atoms with Gasteiger partial charge in [0.25, 0.3) is 20.3 Å². The molecule has 0 fully saturated rings. The van der Waals surface area contributed by atoms with Gasteiger partial charge in [0.15, 0.2) is 0 Å². The van der Waals surface area contributed by atoms with Crippen molar-refractivity contribution in [2.75, 3.05) is 10.0 Å². The number of aryl methyl sites for hydroxylation is 1. The summed E-state index contributed by atoms with van der Waals surface area (Å²) < 4.78 is 27.6. The van der Waals surface area contributed by atoms with Gasteiger partial charge in [-0.2, -0.15) is 8.42 Å². The van der Waals surface area contributed by atoms with E-state index < -0.39 is 10.0 Å². The lowest BCUT2D eigenvalue weighted by Gasteiger charge is -2.06. The number of sulfonamides is 1. The summed E-state index contributed by atoms with van der Waals surface area (Å²) in [6, 6.07) is 11.7. The number of nitrogens with zero attached hydrogens (tertiary/aromatic N) is 2. The predicted molar refractivity (Wildman–Crippen MR) is 109 cm³/mol. The molecule has 0 aliphatic rings. The van der Waals surface area contributed by atoms with E-state index >= 15 is 0 Å². The summed E-state index contributed by atoms with van der Waals surface area (Å²) in [6.07, 6.45) is 0. The Labute approximate surface area is 173 Å². The number of carbonyl (C=O) groups is 1. The third-order valence-corrected chi connectivity index (χ3v) is 7.24. The van der Waals surface area contributed by atoms with Crippen LogP contribution in [0.3, 0.4) is 0 Å². The molecule has 0 bridgehead atoms. The van der Waals surface area contributed by atoms with E-state index in [-0.39, 0.29) is 21.1 Å². The SMILES string of the molecule is Cc1ccccc1C(=O)Nc1nnc(S(=O)(=O)Nc2ccc(Br)c(Cl)c2)s1. The fourth-order valence-electron chi connectivity index (χ4n) is 2.12. The number of carbonyl (C=O) groups excluding carboxylic acids is 1. The van der Waals surface area contributed by atoms with E-state index in [1.54, 1.807) is 37.3 Å². The number of amides is 1. The van der Waals surface area contributed by atoms with Gasteiger partial charge in [-0.1, -0.05) is 41.1 Å². The van der Waals surface area contributed by atoms with Gasteiger partial charge in [-0.3, -0.25) is 14.8 Å². The highest BCUT2D eigenvalue weighted by Crippen LogP contribution is 2.28. The van der Waals surface area contributed by atoms with Crippen LogP contribution in [0.15, 0.2) is 51.3 Å². The van der Waals surface area contributed by atoms with Crippen LogP contribution >= 0.6 is 38.9 Å². The largest absolute Gasteiger partial charge is 0.296 e. The van der Waals surface area contributed by atoms with Gasteiger partial charge in [-0.25, -0.2) is 0 Å². The summed E-state index contributed by atoms with van der Waals surface area (Å²) in [5.41, 5.74) is 1.55. The van der Waals surface area contributed by atoms with Gasteiger partial charge in [0.1, 0.15) is 0 Å². The standard InChI is InChI=1S/C16H12BrClN4O3S2/c1-9-4-2-3-5-11(9)14(23)19-15-20-21-16(26-15)27(24,25)22-10-6-7-12(17)13(18)8-10/h2-8,22H,1H3,(H,19,20,23). The maximum absolute atomic E-state index is 12.5. The Morgan fingerprint density at radius 2 is 1.93 bits per heavy atom. The predicted octanol–water partition coefficient (Wildman–Crippen LogP) is 4.32. The molecule has 0 radical (unpaired) electrons. The average molecular weight is 488 g/mol. The van der Waals surface area contributed by atoms with Crippen LogP contribution in [0, 0.1) is 6.92 Å². The van der Waals surface area contributed by atoms with Crippen LogP contribution < -0.4 is 10.0 Å². The van der Waals surface area contributed by atoms with E-state index in [4.69, 9.17) is 11.6 Å². The molecule has 7 nitrogen and oxygen atoms in total. The molecule has 0 saturated carbocycles. The van der Waals surface area contributed by atoms with Crippen molar-refractivity contribution in [2.45, 2.75) is 11.3 Å². The summed E-state index contributed by atoms with van der Waals surface area (Å²) in [4.78, 5) is 12.3. The Hall–Kier alpha value is -2.01. The molecule has 2 N–H and O–H groups in total. The zero-order chi connectivity index (χ0) is 19.6. The molecule has 2 aromatic carbocycles. The molecule has 0 saturated heterocycles. The van der Waals surface area contributed by atoms with Gasteiger partial charge in [-0.05, 0) is 52.7 Å². The summed E-state index contributed by atoms with van der Waals surface area (Å²) in [7, 11) is -3.96. The third-order valence-electron chi connectivity index (χ3n) is 3.42. The summed E-state index contributed by atoms with van der Waals surface area (Å²) in [5.74, 6) is -0.388. The minimum atomic E-state index is -3.96. The average Bonchev–Trinajstić information content (AvgIpc) is 3.08. The maximum Gasteiger partial charge on any atom is 0.291 e. The Morgan fingerprint density at radius 3 is 2.63 bits per heavy atom. The zero-order valence-electron chi connectivity index (χ0n) is 13.7. The molecule has 0 aliphatic carbocycles. The van der Waals surface area contributed by atoms with Gasteiger partial charge < -0.3 is 0 Å². The highest BCUT2D eigenvalue weighted by atomic mass is 79.9. The monoisotopic (exact) mass is 486 g/mol. The minimum Gasteiger partial charge on any atom is -0.296 e. The highest BCUT2D eigenvalue weighted by Gasteiger charge is 2.22. The van der Waals surface area contributed by atoms with Crippen molar-refractivity contribution < 1.29 is 13.2 Å². The fraction of sp³-hybridized carbons (Fsp3) is 0.0625. The number of halogens is 2. The van der Waals surface area contributed by atoms with Gasteiger partial charge in [-0.15, -0.1) is 10.2 Å². The fourth-order valence-corrected chi connectivity index (χ4v) is 4.49. The second-order valence-electron chi connectivity index (χ2n) is 5.38. The Morgan fingerprint density at radius 1 is 1.19 bits per heavy atom. The molecule has 11 heteroatoms. The number of anilines is 2. The number of aromatic nitrogens is 2. The summed E-state index contributed by atoms with van der Waals surface area (Å²) >= 11 is 9.95. The first kappa shape index (κ1) is 19.7. The normalized spacial score (nSPS) is 11.2. The molecule has 0 aliphatic heterocycles. The molecular formula is C16H12BrClN4O3S2. The van der Waals surface area contributed by atoms with Crippen LogP contribution in [-0.2, 0) is 10.0 Å².